The van der Waals surface area contributed by atoms with Crippen LogP contribution in [0.15, 0.2) is 35.2 Å². The molecule has 0 saturated carbocycles. The molecule has 0 saturated heterocycles. The monoisotopic (exact) mass is 366 g/mol. The predicted molar refractivity (Wildman–Crippen MR) is 96.8 cm³/mol. The fourth-order valence-electron chi connectivity index (χ4n) is 2.49. The molecule has 1 heterocycles. The highest BCUT2D eigenvalue weighted by Crippen LogP contribution is 2.27. The van der Waals surface area contributed by atoms with Gasteiger partial charge in [-0.25, -0.2) is 13.6 Å². The van der Waals surface area contributed by atoms with Crippen molar-refractivity contribution >= 4 is 27.3 Å². The molecule has 7 heteroatoms. The number of nitrogens with zero attached hydrogens (tertiary/aromatic N) is 1. The molecule has 0 spiro atoms. The Kier molecular flexibility index (Phi) is 5.47. The van der Waals surface area contributed by atoms with Crippen LogP contribution in [0, 0.1) is 6.92 Å². The number of carbonyl (C=O) groups is 1. The Bertz CT molecular complexity index is 839. The van der Waals surface area contributed by atoms with Gasteiger partial charge in [0.1, 0.15) is 0 Å². The van der Waals surface area contributed by atoms with Crippen LogP contribution in [0.2, 0.25) is 0 Å². The SMILES string of the molecule is CCc1sc(C(=O)N(C)C(C)c2ccc(S(N)(=O)=O)cc2)cc1C. The number of thiophene rings is 1. The molecule has 1 amide bonds. The summed E-state index contributed by atoms with van der Waals surface area (Å²) in [6.07, 6.45) is 0.915. The van der Waals surface area contributed by atoms with Crippen molar-refractivity contribution in [1.82, 2.24) is 4.90 Å². The first-order chi connectivity index (χ1) is 11.1. The van der Waals surface area contributed by atoms with Crippen molar-refractivity contribution in [3.8, 4) is 0 Å². The van der Waals surface area contributed by atoms with E-state index in [0.29, 0.717) is 0 Å². The molecular formula is C17H22N2O3S2. The molecule has 1 aromatic heterocycles. The minimum absolute atomic E-state index is 0.0363. The van der Waals surface area contributed by atoms with Gasteiger partial charge in [-0.15, -0.1) is 11.3 Å². The summed E-state index contributed by atoms with van der Waals surface area (Å²) in [5, 5.41) is 5.11. The van der Waals surface area contributed by atoms with E-state index in [9.17, 15) is 13.2 Å². The molecule has 0 radical (unpaired) electrons. The number of hydrogen-bond donors (Lipinski definition) is 1. The molecular weight excluding hydrogens is 344 g/mol. The lowest BCUT2D eigenvalue weighted by atomic mass is 10.1. The number of sulfonamides is 1. The Labute approximate surface area is 147 Å². The van der Waals surface area contributed by atoms with Crippen LogP contribution in [0.25, 0.3) is 0 Å². The van der Waals surface area contributed by atoms with Gasteiger partial charge >= 0.3 is 0 Å². The minimum atomic E-state index is -3.71. The third kappa shape index (κ3) is 3.85. The van der Waals surface area contributed by atoms with Crippen molar-refractivity contribution in [3.63, 3.8) is 0 Å². The highest BCUT2D eigenvalue weighted by Gasteiger charge is 2.21. The first-order valence-corrected chi connectivity index (χ1v) is 10.0. The summed E-state index contributed by atoms with van der Waals surface area (Å²) in [5.41, 5.74) is 1.99. The molecule has 2 N–H and O–H groups in total. The van der Waals surface area contributed by atoms with Crippen LogP contribution in [0.3, 0.4) is 0 Å². The highest BCUT2D eigenvalue weighted by molar-refractivity contribution is 7.89. The summed E-state index contributed by atoms with van der Waals surface area (Å²) < 4.78 is 22.6. The van der Waals surface area contributed by atoms with Crippen molar-refractivity contribution in [2.45, 2.75) is 38.1 Å². The summed E-state index contributed by atoms with van der Waals surface area (Å²) in [6, 6.07) is 8.04. The van der Waals surface area contributed by atoms with E-state index in [1.54, 1.807) is 24.1 Å². The zero-order valence-electron chi connectivity index (χ0n) is 14.2. The van der Waals surface area contributed by atoms with E-state index in [1.165, 1.54) is 28.3 Å². The number of carbonyl (C=O) groups excluding carboxylic acids is 1. The van der Waals surface area contributed by atoms with Crippen LogP contribution in [0.5, 0.6) is 0 Å². The molecule has 0 bridgehead atoms. The minimum Gasteiger partial charge on any atom is -0.334 e. The number of primary sulfonamides is 1. The number of rotatable bonds is 5. The van der Waals surface area contributed by atoms with Gasteiger partial charge < -0.3 is 4.90 Å². The van der Waals surface area contributed by atoms with Crippen molar-refractivity contribution in [2.24, 2.45) is 5.14 Å². The maximum atomic E-state index is 12.7. The van der Waals surface area contributed by atoms with E-state index in [1.807, 2.05) is 19.9 Å². The Morgan fingerprint density at radius 1 is 1.29 bits per heavy atom. The first kappa shape index (κ1) is 18.6. The highest BCUT2D eigenvalue weighted by atomic mass is 32.2. The van der Waals surface area contributed by atoms with Crippen LogP contribution in [0.1, 0.15) is 45.6 Å². The standard InChI is InChI=1S/C17H22N2O3S2/c1-5-15-11(2)10-16(23-15)17(20)19(4)12(3)13-6-8-14(9-7-13)24(18,21)22/h6-10,12H,5H2,1-4H3,(H2,18,21,22). The zero-order valence-corrected chi connectivity index (χ0v) is 15.9. The lowest BCUT2D eigenvalue weighted by Gasteiger charge is -2.25. The fourth-order valence-corrected chi connectivity index (χ4v) is 4.10. The number of benzene rings is 1. The molecule has 0 aliphatic heterocycles. The van der Waals surface area contributed by atoms with Crippen molar-refractivity contribution in [1.29, 1.82) is 0 Å². The van der Waals surface area contributed by atoms with Gasteiger partial charge in [-0.3, -0.25) is 4.79 Å². The van der Waals surface area contributed by atoms with Gasteiger partial charge in [-0.05, 0) is 49.6 Å². The summed E-state index contributed by atoms with van der Waals surface area (Å²) >= 11 is 1.53. The second kappa shape index (κ2) is 7.04. The second-order valence-corrected chi connectivity index (χ2v) is 8.47. The Balaban J connectivity index is 2.21. The lowest BCUT2D eigenvalue weighted by molar-refractivity contribution is 0.0747. The third-order valence-corrected chi connectivity index (χ3v) is 6.44. The summed E-state index contributed by atoms with van der Waals surface area (Å²) in [4.78, 5) is 16.4. The van der Waals surface area contributed by atoms with Gasteiger partial charge in [0, 0.05) is 11.9 Å². The first-order valence-electron chi connectivity index (χ1n) is 7.64. The topological polar surface area (TPSA) is 80.5 Å². The second-order valence-electron chi connectivity index (χ2n) is 5.78. The van der Waals surface area contributed by atoms with Crippen LogP contribution in [-0.2, 0) is 16.4 Å². The van der Waals surface area contributed by atoms with Gasteiger partial charge in [0.2, 0.25) is 10.0 Å². The molecule has 0 aliphatic carbocycles. The van der Waals surface area contributed by atoms with Gasteiger partial charge in [0.05, 0.1) is 15.8 Å². The summed E-state index contributed by atoms with van der Waals surface area (Å²) in [6.45, 7) is 6.00. The van der Waals surface area contributed by atoms with Crippen LogP contribution >= 0.6 is 11.3 Å². The van der Waals surface area contributed by atoms with E-state index in [4.69, 9.17) is 5.14 Å². The zero-order chi connectivity index (χ0) is 18.1. The molecule has 1 unspecified atom stereocenters. The van der Waals surface area contributed by atoms with Crippen LogP contribution in [0.4, 0.5) is 0 Å². The lowest BCUT2D eigenvalue weighted by Crippen LogP contribution is -2.29. The molecule has 5 nitrogen and oxygen atoms in total. The maximum absolute atomic E-state index is 12.7. The van der Waals surface area contributed by atoms with Gasteiger partial charge in [0.25, 0.3) is 5.91 Å². The van der Waals surface area contributed by atoms with Crippen molar-refractivity contribution in [3.05, 3.63) is 51.2 Å². The quantitative estimate of drug-likeness (QED) is 0.883. The average Bonchev–Trinajstić information content (AvgIpc) is 2.93. The van der Waals surface area contributed by atoms with Crippen LogP contribution < -0.4 is 5.14 Å². The van der Waals surface area contributed by atoms with E-state index < -0.39 is 10.0 Å². The van der Waals surface area contributed by atoms with E-state index in [0.717, 1.165) is 22.4 Å². The van der Waals surface area contributed by atoms with Gasteiger partial charge in [-0.2, -0.15) is 0 Å². The molecule has 2 aromatic rings. The Morgan fingerprint density at radius 3 is 2.33 bits per heavy atom. The molecule has 0 fully saturated rings. The van der Waals surface area contributed by atoms with Crippen molar-refractivity contribution in [2.75, 3.05) is 7.05 Å². The molecule has 24 heavy (non-hydrogen) atoms. The van der Waals surface area contributed by atoms with E-state index in [-0.39, 0.29) is 16.8 Å². The van der Waals surface area contributed by atoms with Crippen LogP contribution in [-0.4, -0.2) is 26.3 Å². The molecule has 2 rings (SSSR count). The predicted octanol–water partition coefficient (Wildman–Crippen LogP) is 3.10. The van der Waals surface area contributed by atoms with Crippen molar-refractivity contribution < 1.29 is 13.2 Å². The molecule has 1 atom stereocenters. The third-order valence-electron chi connectivity index (χ3n) is 4.14. The summed E-state index contributed by atoms with van der Waals surface area (Å²) in [7, 11) is -1.96. The normalized spacial score (nSPS) is 12.9. The Hall–Kier alpha value is -1.70. The maximum Gasteiger partial charge on any atom is 0.264 e. The number of amides is 1. The van der Waals surface area contributed by atoms with Gasteiger partial charge in [0.15, 0.2) is 0 Å². The van der Waals surface area contributed by atoms with Gasteiger partial charge in [-0.1, -0.05) is 19.1 Å². The number of hydrogen-bond acceptors (Lipinski definition) is 4. The fraction of sp³-hybridized carbons (Fsp3) is 0.353. The summed E-state index contributed by atoms with van der Waals surface area (Å²) in [5.74, 6) is -0.0363. The molecule has 0 aliphatic rings. The Morgan fingerprint density at radius 2 is 1.88 bits per heavy atom. The molecule has 1 aromatic carbocycles. The average molecular weight is 367 g/mol. The number of nitrogens with two attached hydrogens (primary N) is 1. The smallest absolute Gasteiger partial charge is 0.264 e. The number of aryl methyl sites for hydroxylation is 2. The largest absolute Gasteiger partial charge is 0.334 e. The van der Waals surface area contributed by atoms with E-state index >= 15 is 0 Å². The van der Waals surface area contributed by atoms with E-state index in [2.05, 4.69) is 6.92 Å². The molecule has 130 valence electrons.